The van der Waals surface area contributed by atoms with Gasteiger partial charge in [0.25, 0.3) is 0 Å². The molecule has 166 valence electrons. The highest BCUT2D eigenvalue weighted by Crippen LogP contribution is 2.32. The molecule has 2 aromatic heterocycles. The molecule has 0 atom stereocenters. The topological polar surface area (TPSA) is 51.6 Å². The summed E-state index contributed by atoms with van der Waals surface area (Å²) in [6.07, 6.45) is 1.84. The maximum atomic E-state index is 4.80. The summed E-state index contributed by atoms with van der Waals surface area (Å²) >= 11 is 3.64. The molecule has 0 saturated heterocycles. The molecule has 0 aliphatic rings. The lowest BCUT2D eigenvalue weighted by Crippen LogP contribution is -2.00. The Bertz CT molecular complexity index is 1580. The Morgan fingerprint density at radius 1 is 0.514 bits per heavy atom. The first kappa shape index (κ1) is 21.3. The summed E-state index contributed by atoms with van der Waals surface area (Å²) in [4.78, 5) is 19.2. The van der Waals surface area contributed by atoms with Crippen LogP contribution < -0.4 is 0 Å². The monoisotopic (exact) mass is 514 g/mol. The molecule has 0 saturated carbocycles. The Hall–Kier alpha value is -4.22. The first-order valence-electron chi connectivity index (χ1n) is 11.3. The van der Waals surface area contributed by atoms with E-state index in [1.54, 1.807) is 0 Å². The molecule has 4 aromatic carbocycles. The van der Waals surface area contributed by atoms with Crippen molar-refractivity contribution in [2.24, 2.45) is 0 Å². The van der Waals surface area contributed by atoms with E-state index in [-0.39, 0.29) is 0 Å². The summed E-state index contributed by atoms with van der Waals surface area (Å²) in [5, 5.41) is 2.33. The molecule has 5 heteroatoms. The Labute approximate surface area is 211 Å². The number of fused-ring (bicyclic) bond motifs is 1. The van der Waals surface area contributed by atoms with Gasteiger partial charge in [-0.05, 0) is 35.0 Å². The largest absolute Gasteiger partial charge is 0.255 e. The molecular weight excluding hydrogens is 496 g/mol. The first-order chi connectivity index (χ1) is 17.2. The van der Waals surface area contributed by atoms with E-state index < -0.39 is 0 Å². The summed E-state index contributed by atoms with van der Waals surface area (Å²) in [6.45, 7) is 0. The van der Waals surface area contributed by atoms with Gasteiger partial charge in [-0.2, -0.15) is 0 Å². The van der Waals surface area contributed by atoms with Gasteiger partial charge >= 0.3 is 0 Å². The molecule has 0 aliphatic heterocycles. The maximum Gasteiger partial charge on any atom is 0.165 e. The molecule has 0 bridgehead atoms. The van der Waals surface area contributed by atoms with Gasteiger partial charge in [0.05, 0.1) is 5.69 Å². The Morgan fingerprint density at radius 3 is 1.69 bits per heavy atom. The predicted octanol–water partition coefficient (Wildman–Crippen LogP) is 7.85. The summed E-state index contributed by atoms with van der Waals surface area (Å²) in [7, 11) is 0. The molecule has 2 heterocycles. The lowest BCUT2D eigenvalue weighted by molar-refractivity contribution is 1.07. The fourth-order valence-electron chi connectivity index (χ4n) is 4.11. The zero-order valence-electron chi connectivity index (χ0n) is 18.6. The fraction of sp³-hybridized carbons (Fsp3) is 0. The Balaban J connectivity index is 1.46. The molecule has 4 nitrogen and oxygen atoms in total. The van der Waals surface area contributed by atoms with E-state index in [2.05, 4.69) is 46.3 Å². The standard InChI is InChI=1S/C30H19BrN4/c31-24-17-22-13-7-8-14-25(22)26(18-24)27-16-15-23(19-32-27)30-34-28(20-9-3-1-4-10-20)33-29(35-30)21-11-5-2-6-12-21/h1-19H. The zero-order chi connectivity index (χ0) is 23.6. The number of pyridine rings is 1. The van der Waals surface area contributed by atoms with Crippen molar-refractivity contribution in [3.63, 3.8) is 0 Å². The van der Waals surface area contributed by atoms with Crippen LogP contribution in [0.3, 0.4) is 0 Å². The second-order valence-corrected chi connectivity index (χ2v) is 9.06. The van der Waals surface area contributed by atoms with E-state index in [0.717, 1.165) is 37.8 Å². The van der Waals surface area contributed by atoms with Crippen molar-refractivity contribution < 1.29 is 0 Å². The van der Waals surface area contributed by atoms with Crippen LogP contribution in [-0.4, -0.2) is 19.9 Å². The average molecular weight is 515 g/mol. The number of nitrogens with zero attached hydrogens (tertiary/aromatic N) is 4. The van der Waals surface area contributed by atoms with Gasteiger partial charge in [-0.3, -0.25) is 4.98 Å². The second-order valence-electron chi connectivity index (χ2n) is 8.14. The van der Waals surface area contributed by atoms with Crippen molar-refractivity contribution in [1.82, 2.24) is 19.9 Å². The van der Waals surface area contributed by atoms with Gasteiger partial charge < -0.3 is 0 Å². The van der Waals surface area contributed by atoms with Crippen LogP contribution in [0.2, 0.25) is 0 Å². The van der Waals surface area contributed by atoms with Gasteiger partial charge in [-0.25, -0.2) is 15.0 Å². The van der Waals surface area contributed by atoms with E-state index in [0.29, 0.717) is 17.5 Å². The summed E-state index contributed by atoms with van der Waals surface area (Å²) in [5.74, 6) is 1.86. The molecule has 6 rings (SSSR count). The third-order valence-electron chi connectivity index (χ3n) is 5.82. The fourth-order valence-corrected chi connectivity index (χ4v) is 4.58. The minimum absolute atomic E-state index is 0.593. The van der Waals surface area contributed by atoms with Crippen LogP contribution >= 0.6 is 15.9 Å². The predicted molar refractivity (Wildman–Crippen MR) is 145 cm³/mol. The van der Waals surface area contributed by atoms with Crippen LogP contribution in [0.4, 0.5) is 0 Å². The third kappa shape index (κ3) is 4.34. The van der Waals surface area contributed by atoms with E-state index in [4.69, 9.17) is 19.9 Å². The van der Waals surface area contributed by atoms with Crippen LogP contribution in [0.25, 0.3) is 56.2 Å². The highest BCUT2D eigenvalue weighted by atomic mass is 79.9. The molecule has 0 fully saturated rings. The van der Waals surface area contributed by atoms with Crippen LogP contribution in [0.5, 0.6) is 0 Å². The first-order valence-corrected chi connectivity index (χ1v) is 12.1. The number of rotatable bonds is 4. The molecule has 0 spiro atoms. The molecule has 0 amide bonds. The van der Waals surface area contributed by atoms with Crippen molar-refractivity contribution in [2.45, 2.75) is 0 Å². The number of benzene rings is 4. The van der Waals surface area contributed by atoms with Gasteiger partial charge in [-0.15, -0.1) is 0 Å². The lowest BCUT2D eigenvalue weighted by atomic mass is 10.0. The van der Waals surface area contributed by atoms with Gasteiger partial charge in [0, 0.05) is 32.9 Å². The quantitative estimate of drug-likeness (QED) is 0.240. The molecule has 35 heavy (non-hydrogen) atoms. The number of halogens is 1. The summed E-state index contributed by atoms with van der Waals surface area (Å²) < 4.78 is 1.02. The summed E-state index contributed by atoms with van der Waals surface area (Å²) in [6, 6.07) is 36.5. The Morgan fingerprint density at radius 2 is 1.09 bits per heavy atom. The number of aromatic nitrogens is 4. The van der Waals surface area contributed by atoms with Crippen LogP contribution in [-0.2, 0) is 0 Å². The van der Waals surface area contributed by atoms with E-state index in [1.807, 2.05) is 85.1 Å². The zero-order valence-corrected chi connectivity index (χ0v) is 20.2. The van der Waals surface area contributed by atoms with Gasteiger partial charge in [-0.1, -0.05) is 101 Å². The maximum absolute atomic E-state index is 4.80. The number of hydrogen-bond donors (Lipinski definition) is 0. The van der Waals surface area contributed by atoms with Crippen molar-refractivity contribution in [3.8, 4) is 45.4 Å². The van der Waals surface area contributed by atoms with Gasteiger partial charge in [0.2, 0.25) is 0 Å². The molecule has 0 aliphatic carbocycles. The molecule has 0 radical (unpaired) electrons. The van der Waals surface area contributed by atoms with E-state index in [1.165, 1.54) is 5.39 Å². The minimum atomic E-state index is 0.593. The normalized spacial score (nSPS) is 11.0. The van der Waals surface area contributed by atoms with Crippen LogP contribution in [0.15, 0.2) is 120 Å². The van der Waals surface area contributed by atoms with Gasteiger partial charge in [0.1, 0.15) is 0 Å². The molecule has 0 N–H and O–H groups in total. The van der Waals surface area contributed by atoms with E-state index >= 15 is 0 Å². The van der Waals surface area contributed by atoms with Crippen molar-refractivity contribution in [1.29, 1.82) is 0 Å². The number of hydrogen-bond acceptors (Lipinski definition) is 4. The lowest BCUT2D eigenvalue weighted by Gasteiger charge is -2.10. The third-order valence-corrected chi connectivity index (χ3v) is 6.28. The van der Waals surface area contributed by atoms with Crippen molar-refractivity contribution in [3.05, 3.63) is 120 Å². The minimum Gasteiger partial charge on any atom is -0.255 e. The molecule has 6 aromatic rings. The molecule has 0 unspecified atom stereocenters. The van der Waals surface area contributed by atoms with Crippen molar-refractivity contribution >= 4 is 26.7 Å². The highest BCUT2D eigenvalue weighted by Gasteiger charge is 2.13. The second kappa shape index (κ2) is 9.20. The smallest absolute Gasteiger partial charge is 0.165 e. The highest BCUT2D eigenvalue weighted by molar-refractivity contribution is 9.10. The molecular formula is C30H19BrN4. The van der Waals surface area contributed by atoms with E-state index in [9.17, 15) is 0 Å². The van der Waals surface area contributed by atoms with Crippen LogP contribution in [0, 0.1) is 0 Å². The van der Waals surface area contributed by atoms with Crippen LogP contribution in [0.1, 0.15) is 0 Å². The average Bonchev–Trinajstić information content (AvgIpc) is 2.93. The SMILES string of the molecule is Brc1cc(-c2ccc(-c3nc(-c4ccccc4)nc(-c4ccccc4)n3)cn2)c2ccccc2c1. The Kier molecular flexibility index (Phi) is 5.60. The van der Waals surface area contributed by atoms with Crippen molar-refractivity contribution in [2.75, 3.05) is 0 Å². The van der Waals surface area contributed by atoms with Gasteiger partial charge in [0.15, 0.2) is 17.5 Å². The summed E-state index contributed by atoms with van der Waals surface area (Å²) in [5.41, 5.74) is 4.70.